The van der Waals surface area contributed by atoms with Crippen molar-refractivity contribution in [2.75, 3.05) is 0 Å². The Kier molecular flexibility index (Phi) is 4.08. The maximum absolute atomic E-state index is 5.83. The minimum Gasteiger partial charge on any atom is -0.271 e. The molecule has 2 atom stereocenters. The van der Waals surface area contributed by atoms with Crippen molar-refractivity contribution >= 4 is 0 Å². The van der Waals surface area contributed by atoms with Crippen LogP contribution in [0, 0.1) is 11.3 Å². The fraction of sp³-hybridized carbons (Fsp3) is 0.625. The fourth-order valence-electron chi connectivity index (χ4n) is 3.38. The monoisotopic (exact) mass is 246 g/mol. The molecule has 2 nitrogen and oxygen atoms in total. The molecule has 0 bridgehead atoms. The summed E-state index contributed by atoms with van der Waals surface area (Å²) >= 11 is 0. The van der Waals surface area contributed by atoms with Crippen LogP contribution >= 0.6 is 0 Å². The number of nitrogens with one attached hydrogen (secondary N) is 1. The third kappa shape index (κ3) is 2.60. The first-order chi connectivity index (χ1) is 8.58. The van der Waals surface area contributed by atoms with Crippen LogP contribution in [-0.4, -0.2) is 0 Å². The van der Waals surface area contributed by atoms with E-state index in [1.54, 1.807) is 0 Å². The Morgan fingerprint density at radius 3 is 2.44 bits per heavy atom. The highest BCUT2D eigenvalue weighted by molar-refractivity contribution is 5.26. The molecule has 1 aromatic rings. The number of hydrazine groups is 1. The Hall–Kier alpha value is -0.860. The van der Waals surface area contributed by atoms with E-state index in [2.05, 4.69) is 50.5 Å². The summed E-state index contributed by atoms with van der Waals surface area (Å²) in [5.74, 6) is 6.46. The maximum atomic E-state index is 5.83. The highest BCUT2D eigenvalue weighted by Crippen LogP contribution is 2.48. The van der Waals surface area contributed by atoms with Gasteiger partial charge in [0.05, 0.1) is 0 Å². The number of rotatable bonds is 4. The van der Waals surface area contributed by atoms with Crippen LogP contribution in [0.2, 0.25) is 0 Å². The van der Waals surface area contributed by atoms with Crippen molar-refractivity contribution in [1.82, 2.24) is 5.43 Å². The van der Waals surface area contributed by atoms with Crippen LogP contribution in [0.25, 0.3) is 0 Å². The predicted octanol–water partition coefficient (Wildman–Crippen LogP) is 3.58. The number of nitrogens with two attached hydrogens (primary N) is 1. The topological polar surface area (TPSA) is 38.0 Å². The summed E-state index contributed by atoms with van der Waals surface area (Å²) in [4.78, 5) is 0. The Morgan fingerprint density at radius 2 is 2.00 bits per heavy atom. The fourth-order valence-corrected chi connectivity index (χ4v) is 3.38. The second-order valence-corrected chi connectivity index (χ2v) is 6.23. The Labute approximate surface area is 111 Å². The van der Waals surface area contributed by atoms with Gasteiger partial charge < -0.3 is 0 Å². The lowest BCUT2D eigenvalue weighted by molar-refractivity contribution is 0.198. The molecule has 1 aliphatic rings. The summed E-state index contributed by atoms with van der Waals surface area (Å²) in [7, 11) is 0. The van der Waals surface area contributed by atoms with E-state index >= 15 is 0 Å². The molecular weight excluding hydrogens is 220 g/mol. The highest BCUT2D eigenvalue weighted by Gasteiger charge is 2.39. The lowest BCUT2D eigenvalue weighted by Crippen LogP contribution is -2.37. The van der Waals surface area contributed by atoms with Crippen LogP contribution in [-0.2, 0) is 6.42 Å². The lowest BCUT2D eigenvalue weighted by Gasteiger charge is -2.34. The minimum absolute atomic E-state index is 0.286. The van der Waals surface area contributed by atoms with E-state index < -0.39 is 0 Å². The van der Waals surface area contributed by atoms with Crippen LogP contribution < -0.4 is 11.3 Å². The van der Waals surface area contributed by atoms with Gasteiger partial charge in [0.1, 0.15) is 0 Å². The summed E-state index contributed by atoms with van der Waals surface area (Å²) in [6.45, 7) is 6.93. The van der Waals surface area contributed by atoms with E-state index in [1.807, 2.05) is 0 Å². The Balaban J connectivity index is 2.22. The molecule has 2 unspecified atom stereocenters. The molecule has 0 heterocycles. The average molecular weight is 246 g/mol. The standard InChI is InChI=1S/C16H26N2/c1-4-12-7-9-13(10-8-12)15(18-17)14-6-5-11-16(14,2)3/h7-10,14-15,18H,4-6,11,17H2,1-3H3. The maximum Gasteiger partial charge on any atom is 0.0493 e. The number of hydrogen-bond donors (Lipinski definition) is 2. The normalized spacial score (nSPS) is 24.1. The molecule has 0 radical (unpaired) electrons. The molecule has 100 valence electrons. The van der Waals surface area contributed by atoms with Crippen LogP contribution in [0.5, 0.6) is 0 Å². The molecule has 3 N–H and O–H groups in total. The van der Waals surface area contributed by atoms with Gasteiger partial charge in [0.25, 0.3) is 0 Å². The van der Waals surface area contributed by atoms with Crippen LogP contribution in [0.1, 0.15) is 57.2 Å². The highest BCUT2D eigenvalue weighted by atomic mass is 15.2. The van der Waals surface area contributed by atoms with Gasteiger partial charge in [-0.3, -0.25) is 11.3 Å². The molecule has 0 aromatic heterocycles. The zero-order chi connectivity index (χ0) is 13.2. The Morgan fingerprint density at radius 1 is 1.33 bits per heavy atom. The van der Waals surface area contributed by atoms with Crippen molar-refractivity contribution in [2.45, 2.75) is 52.5 Å². The third-order valence-electron chi connectivity index (χ3n) is 4.67. The lowest BCUT2D eigenvalue weighted by atomic mass is 9.75. The van der Waals surface area contributed by atoms with Gasteiger partial charge in [-0.1, -0.05) is 51.5 Å². The number of aryl methyl sites for hydroxylation is 1. The van der Waals surface area contributed by atoms with Gasteiger partial charge in [0.2, 0.25) is 0 Å². The number of hydrogen-bond acceptors (Lipinski definition) is 2. The van der Waals surface area contributed by atoms with Gasteiger partial charge in [-0.2, -0.15) is 0 Å². The van der Waals surface area contributed by atoms with Crippen LogP contribution in [0.15, 0.2) is 24.3 Å². The molecular formula is C16H26N2. The molecule has 1 aromatic carbocycles. The van der Waals surface area contributed by atoms with Crippen LogP contribution in [0.4, 0.5) is 0 Å². The zero-order valence-electron chi connectivity index (χ0n) is 11.9. The first-order valence-electron chi connectivity index (χ1n) is 7.13. The molecule has 1 saturated carbocycles. The molecule has 1 aliphatic carbocycles. The van der Waals surface area contributed by atoms with E-state index in [0.717, 1.165) is 6.42 Å². The quantitative estimate of drug-likeness (QED) is 0.629. The summed E-state index contributed by atoms with van der Waals surface area (Å²) in [6.07, 6.45) is 5.00. The largest absolute Gasteiger partial charge is 0.271 e. The first kappa shape index (κ1) is 13.6. The van der Waals surface area contributed by atoms with E-state index in [-0.39, 0.29) is 6.04 Å². The molecule has 0 spiro atoms. The van der Waals surface area contributed by atoms with Gasteiger partial charge in [-0.05, 0) is 41.7 Å². The van der Waals surface area contributed by atoms with Gasteiger partial charge in [-0.25, -0.2) is 0 Å². The van der Waals surface area contributed by atoms with E-state index in [1.165, 1.54) is 30.4 Å². The van der Waals surface area contributed by atoms with Crippen molar-refractivity contribution in [1.29, 1.82) is 0 Å². The SMILES string of the molecule is CCc1ccc(C(NN)C2CCCC2(C)C)cc1. The molecule has 0 saturated heterocycles. The second-order valence-electron chi connectivity index (χ2n) is 6.23. The van der Waals surface area contributed by atoms with E-state index in [9.17, 15) is 0 Å². The van der Waals surface area contributed by atoms with Gasteiger partial charge in [-0.15, -0.1) is 0 Å². The van der Waals surface area contributed by atoms with Gasteiger partial charge in [0, 0.05) is 6.04 Å². The predicted molar refractivity (Wildman–Crippen MR) is 77.0 cm³/mol. The number of benzene rings is 1. The third-order valence-corrected chi connectivity index (χ3v) is 4.67. The van der Waals surface area contributed by atoms with Gasteiger partial charge in [0.15, 0.2) is 0 Å². The smallest absolute Gasteiger partial charge is 0.0493 e. The second kappa shape index (κ2) is 5.41. The molecule has 2 rings (SSSR count). The van der Waals surface area contributed by atoms with E-state index in [4.69, 9.17) is 5.84 Å². The van der Waals surface area contributed by atoms with Crippen molar-refractivity contribution in [3.63, 3.8) is 0 Å². The molecule has 1 fully saturated rings. The average Bonchev–Trinajstić information content (AvgIpc) is 2.71. The van der Waals surface area contributed by atoms with Crippen molar-refractivity contribution < 1.29 is 0 Å². The van der Waals surface area contributed by atoms with Crippen molar-refractivity contribution in [3.05, 3.63) is 35.4 Å². The summed E-state index contributed by atoms with van der Waals surface area (Å²) in [5, 5.41) is 0. The molecule has 18 heavy (non-hydrogen) atoms. The summed E-state index contributed by atoms with van der Waals surface area (Å²) < 4.78 is 0. The summed E-state index contributed by atoms with van der Waals surface area (Å²) in [6, 6.07) is 9.20. The molecule has 2 heteroatoms. The van der Waals surface area contributed by atoms with Crippen molar-refractivity contribution in [3.8, 4) is 0 Å². The molecule has 0 amide bonds. The zero-order valence-corrected chi connectivity index (χ0v) is 11.9. The first-order valence-corrected chi connectivity index (χ1v) is 7.13. The summed E-state index contributed by atoms with van der Waals surface area (Å²) in [5.41, 5.74) is 6.16. The van der Waals surface area contributed by atoms with Crippen molar-refractivity contribution in [2.24, 2.45) is 17.2 Å². The molecule has 0 aliphatic heterocycles. The Bertz CT molecular complexity index is 381. The van der Waals surface area contributed by atoms with E-state index in [0.29, 0.717) is 11.3 Å². The van der Waals surface area contributed by atoms with Crippen LogP contribution in [0.3, 0.4) is 0 Å². The minimum atomic E-state index is 0.286. The van der Waals surface area contributed by atoms with Gasteiger partial charge >= 0.3 is 0 Å².